The van der Waals surface area contributed by atoms with Crippen molar-refractivity contribution in [1.29, 1.82) is 0 Å². The van der Waals surface area contributed by atoms with Crippen molar-refractivity contribution in [1.82, 2.24) is 4.98 Å². The van der Waals surface area contributed by atoms with Crippen LogP contribution in [0.5, 0.6) is 0 Å². The zero-order valence-electron chi connectivity index (χ0n) is 15.7. The third-order valence-electron chi connectivity index (χ3n) is 5.12. The van der Waals surface area contributed by atoms with Crippen LogP contribution < -0.4 is 21.7 Å². The van der Waals surface area contributed by atoms with E-state index in [1.165, 1.54) is 23.9 Å². The topological polar surface area (TPSA) is 80.2 Å². The number of aromatic nitrogens is 1. The lowest BCUT2D eigenvalue weighted by Gasteiger charge is -2.35. The van der Waals surface area contributed by atoms with Gasteiger partial charge in [-0.05, 0) is 37.3 Å². The summed E-state index contributed by atoms with van der Waals surface area (Å²) in [5.41, 5.74) is 15.4. The van der Waals surface area contributed by atoms with Crippen molar-refractivity contribution in [2.75, 3.05) is 29.0 Å². The first-order valence-corrected chi connectivity index (χ1v) is 9.38. The van der Waals surface area contributed by atoms with E-state index < -0.39 is 0 Å². The van der Waals surface area contributed by atoms with Crippen LogP contribution in [0.1, 0.15) is 46.5 Å². The third kappa shape index (κ3) is 3.52. The first-order valence-electron chi connectivity index (χ1n) is 9.38. The fraction of sp³-hybridized carbons (Fsp3) is 0.550. The molecule has 0 aliphatic carbocycles. The van der Waals surface area contributed by atoms with Gasteiger partial charge < -0.3 is 21.7 Å². The highest BCUT2D eigenvalue weighted by molar-refractivity contribution is 6.04. The molecule has 1 aliphatic rings. The molecule has 0 radical (unpaired) electrons. The van der Waals surface area contributed by atoms with E-state index in [0.717, 1.165) is 30.6 Å². The molecule has 2 heterocycles. The fourth-order valence-corrected chi connectivity index (χ4v) is 3.80. The summed E-state index contributed by atoms with van der Waals surface area (Å²) >= 11 is 0. The number of nitrogens with two attached hydrogens (primary N) is 2. The molecule has 0 amide bonds. The van der Waals surface area contributed by atoms with Gasteiger partial charge in [-0.1, -0.05) is 45.4 Å². The minimum atomic E-state index is 0.141. The molecule has 1 aromatic heterocycles. The zero-order chi connectivity index (χ0) is 18.0. The highest BCUT2D eigenvalue weighted by Gasteiger charge is 2.35. The van der Waals surface area contributed by atoms with Crippen LogP contribution in [-0.2, 0) is 0 Å². The maximum atomic E-state index is 6.29. The molecule has 1 aliphatic heterocycles. The van der Waals surface area contributed by atoms with E-state index in [0.29, 0.717) is 12.4 Å². The van der Waals surface area contributed by atoms with Crippen LogP contribution in [0.4, 0.5) is 17.2 Å². The first-order chi connectivity index (χ1) is 12.0. The van der Waals surface area contributed by atoms with Gasteiger partial charge in [0.1, 0.15) is 11.5 Å². The van der Waals surface area contributed by atoms with Crippen LogP contribution >= 0.6 is 0 Å². The number of rotatable bonds is 7. The highest BCUT2D eigenvalue weighted by atomic mass is 15.3. The SMILES string of the molecule is CCCCC1Nc2c(N)nc3ccccc3c2N1CC(C)(C)CCN. The summed E-state index contributed by atoms with van der Waals surface area (Å²) in [6.45, 7) is 8.48. The molecule has 0 saturated heterocycles. The van der Waals surface area contributed by atoms with Crippen molar-refractivity contribution in [2.24, 2.45) is 11.1 Å². The molecule has 1 atom stereocenters. The van der Waals surface area contributed by atoms with Crippen molar-refractivity contribution in [3.8, 4) is 0 Å². The van der Waals surface area contributed by atoms with E-state index in [-0.39, 0.29) is 11.6 Å². The molecular weight excluding hydrogens is 310 g/mol. The molecule has 0 spiro atoms. The van der Waals surface area contributed by atoms with Gasteiger partial charge in [0.05, 0.1) is 17.4 Å². The van der Waals surface area contributed by atoms with E-state index >= 15 is 0 Å². The molecule has 5 heteroatoms. The standard InChI is InChI=1S/C20H31N5/c1-4-5-10-16-24-17-18(25(16)13-20(2,3)11-12-21)14-8-6-7-9-15(14)23-19(17)22/h6-9,16,24H,4-5,10-13,21H2,1-3H3,(H2,22,23). The second kappa shape index (κ2) is 7.08. The monoisotopic (exact) mass is 341 g/mol. The van der Waals surface area contributed by atoms with Gasteiger partial charge in [-0.25, -0.2) is 4.98 Å². The number of para-hydroxylation sites is 1. The quantitative estimate of drug-likeness (QED) is 0.711. The molecule has 0 bridgehead atoms. The van der Waals surface area contributed by atoms with Crippen molar-refractivity contribution in [2.45, 2.75) is 52.6 Å². The zero-order valence-corrected chi connectivity index (χ0v) is 15.7. The maximum absolute atomic E-state index is 6.29. The van der Waals surface area contributed by atoms with Gasteiger partial charge in [0.2, 0.25) is 0 Å². The van der Waals surface area contributed by atoms with Crippen molar-refractivity contribution >= 4 is 28.1 Å². The van der Waals surface area contributed by atoms with E-state index in [1.54, 1.807) is 0 Å². The predicted molar refractivity (Wildman–Crippen MR) is 108 cm³/mol. The summed E-state index contributed by atoms with van der Waals surface area (Å²) in [7, 11) is 0. The number of nitrogen functional groups attached to an aromatic ring is 1. The number of hydrogen-bond acceptors (Lipinski definition) is 5. The molecule has 1 unspecified atom stereocenters. The maximum Gasteiger partial charge on any atom is 0.149 e. The summed E-state index contributed by atoms with van der Waals surface area (Å²) in [6, 6.07) is 8.27. The Labute approximate surface area is 150 Å². The number of nitrogens with one attached hydrogen (secondary N) is 1. The van der Waals surface area contributed by atoms with Gasteiger partial charge in [-0.15, -0.1) is 0 Å². The lowest BCUT2D eigenvalue weighted by Crippen LogP contribution is -2.42. The Morgan fingerprint density at radius 2 is 2.04 bits per heavy atom. The summed E-state index contributed by atoms with van der Waals surface area (Å²) in [6.07, 6.45) is 4.73. The number of unbranched alkanes of at least 4 members (excludes halogenated alkanes) is 1. The Morgan fingerprint density at radius 3 is 2.76 bits per heavy atom. The van der Waals surface area contributed by atoms with Gasteiger partial charge in [0.15, 0.2) is 0 Å². The number of pyridine rings is 1. The molecule has 0 fully saturated rings. The van der Waals surface area contributed by atoms with Gasteiger partial charge in [0, 0.05) is 11.9 Å². The van der Waals surface area contributed by atoms with E-state index in [9.17, 15) is 0 Å². The smallest absolute Gasteiger partial charge is 0.149 e. The lowest BCUT2D eigenvalue weighted by molar-refractivity contribution is 0.333. The Kier molecular flexibility index (Phi) is 5.04. The van der Waals surface area contributed by atoms with Crippen molar-refractivity contribution < 1.29 is 0 Å². The van der Waals surface area contributed by atoms with Crippen LogP contribution in [-0.4, -0.2) is 24.2 Å². The van der Waals surface area contributed by atoms with E-state index in [4.69, 9.17) is 11.5 Å². The lowest BCUT2D eigenvalue weighted by atomic mass is 9.88. The minimum Gasteiger partial charge on any atom is -0.382 e. The predicted octanol–water partition coefficient (Wildman–Crippen LogP) is 3.94. The van der Waals surface area contributed by atoms with Crippen molar-refractivity contribution in [3.63, 3.8) is 0 Å². The second-order valence-corrected chi connectivity index (χ2v) is 7.87. The molecule has 3 rings (SSSR count). The summed E-state index contributed by atoms with van der Waals surface area (Å²) < 4.78 is 0. The molecule has 0 saturated carbocycles. The van der Waals surface area contributed by atoms with Crippen molar-refractivity contribution in [3.05, 3.63) is 24.3 Å². The molecule has 1 aromatic carbocycles. The number of nitrogens with zero attached hydrogens (tertiary/aromatic N) is 2. The highest BCUT2D eigenvalue weighted by Crippen LogP contribution is 2.45. The average Bonchev–Trinajstić information content (AvgIpc) is 2.91. The van der Waals surface area contributed by atoms with E-state index in [1.807, 2.05) is 12.1 Å². The Hall–Kier alpha value is -2.01. The van der Waals surface area contributed by atoms with Crippen LogP contribution in [0.3, 0.4) is 0 Å². The Balaban J connectivity index is 2.06. The Bertz CT molecular complexity index is 740. The molecular formula is C20H31N5. The number of anilines is 3. The largest absolute Gasteiger partial charge is 0.382 e. The minimum absolute atomic E-state index is 0.141. The van der Waals surface area contributed by atoms with Gasteiger partial charge >= 0.3 is 0 Å². The summed E-state index contributed by atoms with van der Waals surface area (Å²) in [5, 5.41) is 4.82. The van der Waals surface area contributed by atoms with Gasteiger partial charge in [0.25, 0.3) is 0 Å². The Morgan fingerprint density at radius 1 is 1.28 bits per heavy atom. The molecule has 136 valence electrons. The number of benzene rings is 1. The second-order valence-electron chi connectivity index (χ2n) is 7.87. The number of fused-ring (bicyclic) bond motifs is 3. The van der Waals surface area contributed by atoms with Gasteiger partial charge in [-0.2, -0.15) is 0 Å². The summed E-state index contributed by atoms with van der Waals surface area (Å²) in [4.78, 5) is 7.10. The van der Waals surface area contributed by atoms with Crippen LogP contribution in [0.2, 0.25) is 0 Å². The molecule has 2 aromatic rings. The third-order valence-corrected chi connectivity index (χ3v) is 5.12. The van der Waals surface area contributed by atoms with Crippen LogP contribution in [0.25, 0.3) is 10.9 Å². The fourth-order valence-electron chi connectivity index (χ4n) is 3.80. The van der Waals surface area contributed by atoms with E-state index in [2.05, 4.69) is 48.1 Å². The number of hydrogen-bond donors (Lipinski definition) is 3. The average molecular weight is 342 g/mol. The van der Waals surface area contributed by atoms with Crippen LogP contribution in [0, 0.1) is 5.41 Å². The summed E-state index contributed by atoms with van der Waals surface area (Å²) in [5.74, 6) is 0.592. The van der Waals surface area contributed by atoms with Crippen LogP contribution in [0.15, 0.2) is 24.3 Å². The van der Waals surface area contributed by atoms with Gasteiger partial charge in [-0.3, -0.25) is 0 Å². The molecule has 25 heavy (non-hydrogen) atoms. The first kappa shape index (κ1) is 17.8. The normalized spacial score (nSPS) is 17.0. The molecule has 5 nitrogen and oxygen atoms in total. The molecule has 5 N–H and O–H groups in total.